The summed E-state index contributed by atoms with van der Waals surface area (Å²) in [5.41, 5.74) is 0.172. The molecule has 23 heavy (non-hydrogen) atoms. The molecule has 0 atom stereocenters. The minimum absolute atomic E-state index is 0.0186. The zero-order chi connectivity index (χ0) is 15.8. The maximum atomic E-state index is 12.2. The van der Waals surface area contributed by atoms with E-state index in [1.54, 1.807) is 23.5 Å². The van der Waals surface area contributed by atoms with Crippen LogP contribution in [0, 0.1) is 5.41 Å². The molecule has 6 nitrogen and oxygen atoms in total. The van der Waals surface area contributed by atoms with Crippen molar-refractivity contribution in [2.45, 2.75) is 6.42 Å². The Bertz CT molecular complexity index is 863. The summed E-state index contributed by atoms with van der Waals surface area (Å²) in [6.45, 7) is 0. The van der Waals surface area contributed by atoms with E-state index in [1.165, 1.54) is 34.0 Å². The molecule has 2 aromatic rings. The Morgan fingerprint density at radius 2 is 2.26 bits per heavy atom. The third-order valence-electron chi connectivity index (χ3n) is 3.23. The van der Waals surface area contributed by atoms with E-state index in [-0.39, 0.29) is 11.4 Å². The minimum atomic E-state index is -0.447. The van der Waals surface area contributed by atoms with Crippen molar-refractivity contribution in [2.24, 2.45) is 10.1 Å². The fourth-order valence-electron chi connectivity index (χ4n) is 2.18. The first-order valence-corrected chi connectivity index (χ1v) is 8.45. The number of amides is 1. The molecule has 0 radical (unpaired) electrons. The van der Waals surface area contributed by atoms with Crippen LogP contribution in [0.25, 0.3) is 6.08 Å². The largest absolute Gasteiger partial charge is 0.465 e. The molecule has 4 rings (SSSR count). The van der Waals surface area contributed by atoms with Gasteiger partial charge in [-0.1, -0.05) is 6.07 Å². The number of furan rings is 1. The summed E-state index contributed by atoms with van der Waals surface area (Å²) in [5.74, 6) is 0.0780. The van der Waals surface area contributed by atoms with E-state index in [0.29, 0.717) is 17.3 Å². The Morgan fingerprint density at radius 3 is 3.00 bits per heavy atom. The molecule has 4 heterocycles. The van der Waals surface area contributed by atoms with Gasteiger partial charge in [-0.05, 0) is 41.4 Å². The van der Waals surface area contributed by atoms with Gasteiger partial charge in [-0.2, -0.15) is 15.1 Å². The van der Waals surface area contributed by atoms with Crippen molar-refractivity contribution in [1.29, 1.82) is 5.41 Å². The van der Waals surface area contributed by atoms with Crippen LogP contribution in [-0.2, 0) is 11.2 Å². The number of carbonyl (C=O) groups is 1. The zero-order valence-electron chi connectivity index (χ0n) is 11.7. The van der Waals surface area contributed by atoms with Gasteiger partial charge < -0.3 is 4.42 Å². The van der Waals surface area contributed by atoms with Crippen LogP contribution in [0.3, 0.4) is 0 Å². The summed E-state index contributed by atoms with van der Waals surface area (Å²) in [6, 6.07) is 7.46. The number of carbonyl (C=O) groups excluding carboxylic acids is 1. The van der Waals surface area contributed by atoms with Crippen LogP contribution in [-0.4, -0.2) is 27.0 Å². The van der Waals surface area contributed by atoms with Crippen LogP contribution in [0.5, 0.6) is 0 Å². The van der Waals surface area contributed by atoms with Crippen molar-refractivity contribution in [2.75, 3.05) is 0 Å². The number of nitrogens with zero attached hydrogens (tertiary/aromatic N) is 3. The molecule has 2 aliphatic heterocycles. The molecule has 8 heteroatoms. The molecule has 0 bridgehead atoms. The van der Waals surface area contributed by atoms with E-state index in [1.807, 2.05) is 17.5 Å². The number of aliphatic imine (C=N–C) groups is 1. The van der Waals surface area contributed by atoms with Crippen LogP contribution in [0.1, 0.15) is 10.6 Å². The van der Waals surface area contributed by atoms with Gasteiger partial charge in [0.25, 0.3) is 5.91 Å². The normalized spacial score (nSPS) is 19.1. The lowest BCUT2D eigenvalue weighted by molar-refractivity contribution is -0.114. The summed E-state index contributed by atoms with van der Waals surface area (Å²) in [4.78, 5) is 17.4. The summed E-state index contributed by atoms with van der Waals surface area (Å²) in [5, 5.41) is 17.3. The molecule has 114 valence electrons. The SMILES string of the molecule is N=C1/C(=C\c2ccco2)C(=O)N=C2SC(Cc3cccs3)=NN12. The highest BCUT2D eigenvalue weighted by atomic mass is 32.2. The monoisotopic (exact) mass is 342 g/mol. The molecule has 0 spiro atoms. The molecular weight excluding hydrogens is 332 g/mol. The van der Waals surface area contributed by atoms with Gasteiger partial charge in [0.05, 0.1) is 11.8 Å². The lowest BCUT2D eigenvalue weighted by Gasteiger charge is -2.19. The van der Waals surface area contributed by atoms with Crippen molar-refractivity contribution >= 4 is 51.1 Å². The Labute approximate surface area is 139 Å². The molecule has 0 saturated carbocycles. The number of hydrogen-bond donors (Lipinski definition) is 1. The smallest absolute Gasteiger partial charge is 0.283 e. The second kappa shape index (κ2) is 5.64. The average Bonchev–Trinajstić information content (AvgIpc) is 3.25. The van der Waals surface area contributed by atoms with Crippen LogP contribution in [0.15, 0.2) is 56.0 Å². The van der Waals surface area contributed by atoms with Gasteiger partial charge >= 0.3 is 0 Å². The van der Waals surface area contributed by atoms with E-state index in [9.17, 15) is 4.79 Å². The van der Waals surface area contributed by atoms with Gasteiger partial charge in [0.2, 0.25) is 5.17 Å². The van der Waals surface area contributed by atoms with E-state index < -0.39 is 5.91 Å². The predicted molar refractivity (Wildman–Crippen MR) is 91.7 cm³/mol. The maximum Gasteiger partial charge on any atom is 0.283 e. The number of thioether (sulfide) groups is 1. The quantitative estimate of drug-likeness (QED) is 0.868. The topological polar surface area (TPSA) is 82.0 Å². The lowest BCUT2D eigenvalue weighted by atomic mass is 10.1. The van der Waals surface area contributed by atoms with Gasteiger partial charge in [-0.25, -0.2) is 0 Å². The number of amidine groups is 2. The molecule has 0 unspecified atom stereocenters. The molecule has 0 aliphatic carbocycles. The zero-order valence-corrected chi connectivity index (χ0v) is 13.4. The molecule has 0 aromatic carbocycles. The van der Waals surface area contributed by atoms with Crippen LogP contribution >= 0.6 is 23.1 Å². The first-order valence-electron chi connectivity index (χ1n) is 6.76. The molecule has 2 aliphatic rings. The van der Waals surface area contributed by atoms with E-state index in [0.717, 1.165) is 5.04 Å². The number of fused-ring (bicyclic) bond motifs is 1. The molecule has 0 fully saturated rings. The van der Waals surface area contributed by atoms with Crippen LogP contribution < -0.4 is 0 Å². The van der Waals surface area contributed by atoms with E-state index >= 15 is 0 Å². The Balaban J connectivity index is 1.63. The first-order chi connectivity index (χ1) is 11.2. The van der Waals surface area contributed by atoms with Gasteiger partial charge in [0.15, 0.2) is 5.84 Å². The van der Waals surface area contributed by atoms with Gasteiger partial charge in [-0.3, -0.25) is 10.2 Å². The van der Waals surface area contributed by atoms with Crippen molar-refractivity contribution in [3.8, 4) is 0 Å². The third kappa shape index (κ3) is 2.66. The summed E-state index contributed by atoms with van der Waals surface area (Å²) in [7, 11) is 0. The molecular formula is C15H10N4O2S2. The summed E-state index contributed by atoms with van der Waals surface area (Å²) < 4.78 is 5.20. The lowest BCUT2D eigenvalue weighted by Crippen LogP contribution is -2.35. The first kappa shape index (κ1) is 14.2. The summed E-state index contributed by atoms with van der Waals surface area (Å²) in [6.07, 6.45) is 3.71. The predicted octanol–water partition coefficient (Wildman–Crippen LogP) is 3.20. The fourth-order valence-corrected chi connectivity index (χ4v) is 3.89. The van der Waals surface area contributed by atoms with E-state index in [2.05, 4.69) is 10.1 Å². The van der Waals surface area contributed by atoms with Crippen LogP contribution in [0.2, 0.25) is 0 Å². The van der Waals surface area contributed by atoms with Crippen molar-refractivity contribution in [3.05, 3.63) is 52.1 Å². The van der Waals surface area contributed by atoms with Crippen molar-refractivity contribution in [1.82, 2.24) is 5.01 Å². The minimum Gasteiger partial charge on any atom is -0.465 e. The summed E-state index contributed by atoms with van der Waals surface area (Å²) >= 11 is 2.98. The van der Waals surface area contributed by atoms with Crippen molar-refractivity contribution < 1.29 is 9.21 Å². The molecule has 1 N–H and O–H groups in total. The number of nitrogens with one attached hydrogen (secondary N) is 1. The molecule has 1 amide bonds. The number of rotatable bonds is 3. The van der Waals surface area contributed by atoms with Crippen molar-refractivity contribution in [3.63, 3.8) is 0 Å². The highest BCUT2D eigenvalue weighted by molar-refractivity contribution is 8.27. The number of hydrogen-bond acceptors (Lipinski definition) is 6. The molecule has 2 aromatic heterocycles. The Kier molecular flexibility index (Phi) is 3.47. The maximum absolute atomic E-state index is 12.2. The highest BCUT2D eigenvalue weighted by Gasteiger charge is 2.35. The molecule has 0 saturated heterocycles. The Hall–Kier alpha value is -2.45. The number of thiophene rings is 1. The average molecular weight is 342 g/mol. The highest BCUT2D eigenvalue weighted by Crippen LogP contribution is 2.30. The number of hydrazone groups is 1. The standard InChI is InChI=1S/C15H10N4O2S2/c16-13-11(7-9-3-1-5-21-9)14(20)17-15-19(13)18-12(23-15)8-10-4-2-6-22-10/h1-7,16H,8H2/b11-7+,16-13?. The fraction of sp³-hybridized carbons (Fsp3) is 0.0667. The Morgan fingerprint density at radius 1 is 1.35 bits per heavy atom. The van der Waals surface area contributed by atoms with Gasteiger partial charge in [0, 0.05) is 11.3 Å². The second-order valence-electron chi connectivity index (χ2n) is 4.79. The van der Waals surface area contributed by atoms with E-state index in [4.69, 9.17) is 9.83 Å². The van der Waals surface area contributed by atoms with Gasteiger partial charge in [0.1, 0.15) is 10.8 Å². The second-order valence-corrected chi connectivity index (χ2v) is 6.86. The van der Waals surface area contributed by atoms with Crippen LogP contribution in [0.4, 0.5) is 0 Å². The third-order valence-corrected chi connectivity index (χ3v) is 5.02. The van der Waals surface area contributed by atoms with Gasteiger partial charge in [-0.15, -0.1) is 11.3 Å².